The fourth-order valence-corrected chi connectivity index (χ4v) is 5.81. The van der Waals surface area contributed by atoms with E-state index in [1.807, 2.05) is 7.05 Å². The third-order valence-corrected chi connectivity index (χ3v) is 7.35. The van der Waals surface area contributed by atoms with Crippen molar-refractivity contribution < 1.29 is 0 Å². The van der Waals surface area contributed by atoms with Crippen molar-refractivity contribution in [3.05, 3.63) is 5.82 Å². The summed E-state index contributed by atoms with van der Waals surface area (Å²) in [6, 6.07) is 0.603. The van der Waals surface area contributed by atoms with Crippen molar-refractivity contribution in [1.82, 2.24) is 25.0 Å². The van der Waals surface area contributed by atoms with Gasteiger partial charge in [-0.2, -0.15) is 11.8 Å². The Labute approximate surface area is 195 Å². The number of nitrogens with one attached hydrogen (secondary N) is 1. The summed E-state index contributed by atoms with van der Waals surface area (Å²) < 4.78 is 2.71. The molecular formula is C19H35IN6S2. The number of hydrogen-bond acceptors (Lipinski definition) is 5. The van der Waals surface area contributed by atoms with Gasteiger partial charge in [0.25, 0.3) is 0 Å². The van der Waals surface area contributed by atoms with Crippen LogP contribution in [0.3, 0.4) is 0 Å². The second-order valence-corrected chi connectivity index (χ2v) is 10.6. The van der Waals surface area contributed by atoms with Gasteiger partial charge in [0.2, 0.25) is 0 Å². The zero-order valence-electron chi connectivity index (χ0n) is 17.6. The maximum atomic E-state index is 4.51. The first-order chi connectivity index (χ1) is 13.0. The topological polar surface area (TPSA) is 58.3 Å². The average molecular weight is 539 g/mol. The molecule has 0 unspecified atom stereocenters. The van der Waals surface area contributed by atoms with Crippen LogP contribution in [0.15, 0.2) is 10.1 Å². The monoisotopic (exact) mass is 538 g/mol. The van der Waals surface area contributed by atoms with Gasteiger partial charge in [-0.05, 0) is 39.4 Å². The molecule has 9 heteroatoms. The van der Waals surface area contributed by atoms with Crippen LogP contribution >= 0.6 is 47.5 Å². The molecule has 6 nitrogen and oxygen atoms in total. The zero-order chi connectivity index (χ0) is 19.3. The molecular weight excluding hydrogens is 503 g/mol. The van der Waals surface area contributed by atoms with Gasteiger partial charge in [-0.25, -0.2) is 0 Å². The average Bonchev–Trinajstić information content (AvgIpc) is 3.29. The Kier molecular flexibility index (Phi) is 9.72. The van der Waals surface area contributed by atoms with Crippen molar-refractivity contribution in [3.63, 3.8) is 0 Å². The van der Waals surface area contributed by atoms with Gasteiger partial charge in [0.1, 0.15) is 5.82 Å². The maximum Gasteiger partial charge on any atom is 0.193 e. The van der Waals surface area contributed by atoms with E-state index < -0.39 is 0 Å². The first kappa shape index (κ1) is 24.1. The molecule has 1 aromatic rings. The first-order valence-electron chi connectivity index (χ1n) is 10.1. The molecule has 0 spiro atoms. The lowest BCUT2D eigenvalue weighted by atomic mass is 10.2. The molecule has 0 bridgehead atoms. The van der Waals surface area contributed by atoms with Gasteiger partial charge in [0, 0.05) is 49.6 Å². The molecule has 1 aliphatic carbocycles. The van der Waals surface area contributed by atoms with Gasteiger partial charge in [-0.15, -0.1) is 34.2 Å². The van der Waals surface area contributed by atoms with Crippen LogP contribution in [0, 0.1) is 0 Å². The fraction of sp³-hybridized carbons (Fsp3) is 0.842. The third-order valence-electron chi connectivity index (χ3n) is 5.40. The highest BCUT2D eigenvalue weighted by molar-refractivity contribution is 14.0. The number of aryl methyl sites for hydroxylation is 1. The van der Waals surface area contributed by atoms with E-state index in [1.165, 1.54) is 25.7 Å². The van der Waals surface area contributed by atoms with Crippen LogP contribution in [-0.2, 0) is 6.42 Å². The van der Waals surface area contributed by atoms with Crippen LogP contribution < -0.4 is 5.32 Å². The summed E-state index contributed by atoms with van der Waals surface area (Å²) in [4.78, 5) is 6.90. The fourth-order valence-electron chi connectivity index (χ4n) is 4.12. The first-order valence-corrected chi connectivity index (χ1v) is 12.3. The molecule has 3 rings (SSSR count). The Hall–Kier alpha value is -0.160. The number of halogens is 1. The molecule has 160 valence electrons. The summed E-state index contributed by atoms with van der Waals surface area (Å²) in [6.45, 7) is 7.67. The van der Waals surface area contributed by atoms with Crippen LogP contribution in [0.2, 0.25) is 0 Å². The normalized spacial score (nSPS) is 20.3. The largest absolute Gasteiger partial charge is 0.356 e. The van der Waals surface area contributed by atoms with E-state index in [-0.39, 0.29) is 24.0 Å². The molecule has 28 heavy (non-hydrogen) atoms. The quantitative estimate of drug-likeness (QED) is 0.194. The molecule has 1 saturated heterocycles. The van der Waals surface area contributed by atoms with Gasteiger partial charge in [0.05, 0.1) is 0 Å². The number of aliphatic imine (C=N–C) groups is 1. The zero-order valence-corrected chi connectivity index (χ0v) is 21.6. The van der Waals surface area contributed by atoms with Crippen molar-refractivity contribution >= 4 is 53.5 Å². The van der Waals surface area contributed by atoms with Gasteiger partial charge >= 0.3 is 0 Å². The van der Waals surface area contributed by atoms with Crippen molar-refractivity contribution in [2.45, 2.75) is 68.3 Å². The summed E-state index contributed by atoms with van der Waals surface area (Å²) in [5.74, 6) is 3.35. The highest BCUT2D eigenvalue weighted by Gasteiger charge is 2.28. The molecule has 1 aliphatic heterocycles. The van der Waals surface area contributed by atoms with E-state index in [0.29, 0.717) is 10.8 Å². The minimum absolute atomic E-state index is 0. The Balaban J connectivity index is 0.00000280. The maximum absolute atomic E-state index is 4.51. The number of rotatable bonds is 6. The summed E-state index contributed by atoms with van der Waals surface area (Å²) in [7, 11) is 1.89. The van der Waals surface area contributed by atoms with E-state index in [1.54, 1.807) is 11.8 Å². The van der Waals surface area contributed by atoms with Gasteiger partial charge in [-0.1, -0.05) is 24.6 Å². The Morgan fingerprint density at radius 2 is 2.07 bits per heavy atom. The van der Waals surface area contributed by atoms with Crippen LogP contribution in [0.5, 0.6) is 0 Å². The van der Waals surface area contributed by atoms with Crippen molar-refractivity contribution in [3.8, 4) is 0 Å². The number of guanidine groups is 1. The lowest BCUT2D eigenvalue weighted by Crippen LogP contribution is -2.51. The predicted octanol–water partition coefficient (Wildman–Crippen LogP) is 4.07. The second kappa shape index (κ2) is 11.3. The molecule has 1 aromatic heterocycles. The molecule has 2 fully saturated rings. The summed E-state index contributed by atoms with van der Waals surface area (Å²) in [5, 5.41) is 13.6. The standard InChI is InChI=1S/C19H34N6S2.HI/c1-19(2)14-24(12-13-27-19)17(20-3)21-11-7-10-16-22-23-18(26-4)25(16)15-8-5-6-9-15;/h15H,5-14H2,1-4H3,(H,20,21);1H. The van der Waals surface area contributed by atoms with E-state index in [4.69, 9.17) is 0 Å². The third kappa shape index (κ3) is 6.17. The smallest absolute Gasteiger partial charge is 0.193 e. The summed E-state index contributed by atoms with van der Waals surface area (Å²) >= 11 is 3.77. The number of thioether (sulfide) groups is 2. The molecule has 1 N–H and O–H groups in total. The number of nitrogens with zero attached hydrogens (tertiary/aromatic N) is 5. The van der Waals surface area contributed by atoms with Gasteiger partial charge in [-0.3, -0.25) is 4.99 Å². The van der Waals surface area contributed by atoms with E-state index >= 15 is 0 Å². The lowest BCUT2D eigenvalue weighted by Gasteiger charge is -2.39. The Bertz CT molecular complexity index is 642. The van der Waals surface area contributed by atoms with Gasteiger partial charge < -0.3 is 14.8 Å². The summed E-state index contributed by atoms with van der Waals surface area (Å²) in [5.41, 5.74) is 0. The molecule has 0 radical (unpaired) electrons. The Morgan fingerprint density at radius 3 is 2.71 bits per heavy atom. The van der Waals surface area contributed by atoms with E-state index in [0.717, 1.165) is 55.2 Å². The van der Waals surface area contributed by atoms with Crippen LogP contribution in [0.4, 0.5) is 0 Å². The van der Waals surface area contributed by atoms with E-state index in [9.17, 15) is 0 Å². The number of aromatic nitrogens is 3. The lowest BCUT2D eigenvalue weighted by molar-refractivity contribution is 0.375. The summed E-state index contributed by atoms with van der Waals surface area (Å²) in [6.07, 6.45) is 9.32. The Morgan fingerprint density at radius 1 is 1.32 bits per heavy atom. The highest BCUT2D eigenvalue weighted by atomic mass is 127. The van der Waals surface area contributed by atoms with Crippen molar-refractivity contribution in [2.24, 2.45) is 4.99 Å². The second-order valence-electron chi connectivity index (χ2n) is 8.02. The SMILES string of the molecule is CN=C(NCCCc1nnc(SC)n1C1CCCC1)N1CCSC(C)(C)C1.I. The molecule has 0 amide bonds. The number of hydrogen-bond donors (Lipinski definition) is 1. The van der Waals surface area contributed by atoms with Gasteiger partial charge in [0.15, 0.2) is 11.1 Å². The predicted molar refractivity (Wildman–Crippen MR) is 133 cm³/mol. The molecule has 0 aromatic carbocycles. The van der Waals surface area contributed by atoms with Crippen LogP contribution in [0.1, 0.15) is 57.8 Å². The molecule has 0 atom stereocenters. The highest BCUT2D eigenvalue weighted by Crippen LogP contribution is 2.33. The molecule has 2 heterocycles. The minimum atomic E-state index is 0. The van der Waals surface area contributed by atoms with Crippen LogP contribution in [-0.4, -0.2) is 69.1 Å². The molecule has 1 saturated carbocycles. The van der Waals surface area contributed by atoms with Crippen LogP contribution in [0.25, 0.3) is 0 Å². The van der Waals surface area contributed by atoms with Crippen molar-refractivity contribution in [1.29, 1.82) is 0 Å². The molecule has 2 aliphatic rings. The van der Waals surface area contributed by atoms with E-state index in [2.05, 4.69) is 61.8 Å². The minimum Gasteiger partial charge on any atom is -0.356 e. The van der Waals surface area contributed by atoms with Crippen molar-refractivity contribution in [2.75, 3.05) is 38.7 Å².